The summed E-state index contributed by atoms with van der Waals surface area (Å²) in [5.41, 5.74) is 0. The number of nitrogens with zero attached hydrogens (tertiary/aromatic N) is 2. The Morgan fingerprint density at radius 3 is 2.47 bits per heavy atom. The predicted molar refractivity (Wildman–Crippen MR) is 64.1 cm³/mol. The van der Waals surface area contributed by atoms with Crippen LogP contribution in [0.2, 0.25) is 0 Å². The third-order valence-electron chi connectivity index (χ3n) is 3.18. The average molecular weight is 214 g/mol. The zero-order valence-corrected chi connectivity index (χ0v) is 10.3. The quantitative estimate of drug-likeness (QED) is 0.719. The van der Waals surface area contributed by atoms with Gasteiger partial charge in [-0.1, -0.05) is 6.42 Å². The number of aliphatic hydroxyl groups excluding tert-OH is 1. The second-order valence-electron chi connectivity index (χ2n) is 4.84. The van der Waals surface area contributed by atoms with E-state index in [1.165, 1.54) is 38.9 Å². The van der Waals surface area contributed by atoms with Gasteiger partial charge in [0.05, 0.1) is 6.10 Å². The number of aliphatic hydroxyl groups is 1. The number of piperidine rings is 1. The molecular weight excluding hydrogens is 188 g/mol. The van der Waals surface area contributed by atoms with Gasteiger partial charge in [-0.3, -0.25) is 0 Å². The van der Waals surface area contributed by atoms with Gasteiger partial charge in [-0.05, 0) is 46.3 Å². The Labute approximate surface area is 94.1 Å². The molecule has 1 heterocycles. The van der Waals surface area contributed by atoms with Crippen LogP contribution in [0.4, 0.5) is 0 Å². The molecule has 0 radical (unpaired) electrons. The average Bonchev–Trinajstić information content (AvgIpc) is 2.25. The molecule has 0 aromatic heterocycles. The van der Waals surface area contributed by atoms with Crippen molar-refractivity contribution in [2.24, 2.45) is 0 Å². The second kappa shape index (κ2) is 7.20. The van der Waals surface area contributed by atoms with Crippen molar-refractivity contribution >= 4 is 0 Å². The molecule has 1 unspecified atom stereocenters. The molecule has 1 rings (SSSR count). The largest absolute Gasteiger partial charge is 0.393 e. The Hall–Kier alpha value is -0.120. The SMILES string of the molecule is CC(O)CCN(C)CCN1CCCCC1. The lowest BCUT2D eigenvalue weighted by Gasteiger charge is -2.28. The van der Waals surface area contributed by atoms with Gasteiger partial charge in [0.25, 0.3) is 0 Å². The normalized spacial score (nSPS) is 20.8. The number of rotatable bonds is 6. The van der Waals surface area contributed by atoms with Crippen LogP contribution in [0.3, 0.4) is 0 Å². The van der Waals surface area contributed by atoms with Gasteiger partial charge in [0.1, 0.15) is 0 Å². The van der Waals surface area contributed by atoms with Crippen LogP contribution in [-0.4, -0.2) is 60.8 Å². The number of hydrogen-bond acceptors (Lipinski definition) is 3. The molecule has 1 aliphatic heterocycles. The maximum atomic E-state index is 9.18. The molecule has 1 aliphatic rings. The topological polar surface area (TPSA) is 26.7 Å². The van der Waals surface area contributed by atoms with Gasteiger partial charge in [0.2, 0.25) is 0 Å². The number of hydrogen-bond donors (Lipinski definition) is 1. The Morgan fingerprint density at radius 2 is 1.87 bits per heavy atom. The molecule has 0 amide bonds. The standard InChI is InChI=1S/C12H26N2O/c1-12(15)6-9-13(2)10-11-14-7-4-3-5-8-14/h12,15H,3-11H2,1-2H3. The molecule has 1 atom stereocenters. The summed E-state index contributed by atoms with van der Waals surface area (Å²) in [4.78, 5) is 4.88. The fourth-order valence-electron chi connectivity index (χ4n) is 2.01. The summed E-state index contributed by atoms with van der Waals surface area (Å²) in [5, 5.41) is 9.18. The van der Waals surface area contributed by atoms with Crippen LogP contribution in [0.1, 0.15) is 32.6 Å². The highest BCUT2D eigenvalue weighted by Crippen LogP contribution is 2.07. The maximum absolute atomic E-state index is 9.18. The Kier molecular flexibility index (Phi) is 6.22. The molecular formula is C12H26N2O. The van der Waals surface area contributed by atoms with Crippen LogP contribution in [0.25, 0.3) is 0 Å². The molecule has 3 heteroatoms. The molecule has 1 fully saturated rings. The number of likely N-dealkylation sites (N-methyl/N-ethyl adjacent to an activating group) is 1. The van der Waals surface area contributed by atoms with E-state index >= 15 is 0 Å². The molecule has 0 aromatic carbocycles. The first-order chi connectivity index (χ1) is 7.18. The lowest BCUT2D eigenvalue weighted by molar-refractivity contribution is 0.153. The van der Waals surface area contributed by atoms with Gasteiger partial charge < -0.3 is 14.9 Å². The smallest absolute Gasteiger partial charge is 0.0524 e. The Balaban J connectivity index is 2.02. The van der Waals surface area contributed by atoms with Crippen LogP contribution >= 0.6 is 0 Å². The third-order valence-corrected chi connectivity index (χ3v) is 3.18. The highest BCUT2D eigenvalue weighted by molar-refractivity contribution is 4.66. The molecule has 0 spiro atoms. The summed E-state index contributed by atoms with van der Waals surface area (Å²) >= 11 is 0. The van der Waals surface area contributed by atoms with Crippen molar-refractivity contribution in [3.63, 3.8) is 0 Å². The van der Waals surface area contributed by atoms with E-state index in [1.54, 1.807) is 0 Å². The predicted octanol–water partition coefficient (Wildman–Crippen LogP) is 1.17. The lowest BCUT2D eigenvalue weighted by Crippen LogP contribution is -2.37. The van der Waals surface area contributed by atoms with Crippen LogP contribution in [0.5, 0.6) is 0 Å². The van der Waals surface area contributed by atoms with Crippen LogP contribution < -0.4 is 0 Å². The van der Waals surface area contributed by atoms with Crippen molar-refractivity contribution in [2.45, 2.75) is 38.7 Å². The highest BCUT2D eigenvalue weighted by Gasteiger charge is 2.10. The van der Waals surface area contributed by atoms with Crippen molar-refractivity contribution in [3.05, 3.63) is 0 Å². The van der Waals surface area contributed by atoms with E-state index in [9.17, 15) is 5.11 Å². The van der Waals surface area contributed by atoms with Crippen molar-refractivity contribution in [3.8, 4) is 0 Å². The van der Waals surface area contributed by atoms with Crippen molar-refractivity contribution in [1.82, 2.24) is 9.80 Å². The third kappa shape index (κ3) is 6.13. The zero-order chi connectivity index (χ0) is 11.1. The molecule has 0 bridgehead atoms. The summed E-state index contributed by atoms with van der Waals surface area (Å²) in [6.07, 6.45) is 4.88. The van der Waals surface area contributed by atoms with Gasteiger partial charge in [-0.25, -0.2) is 0 Å². The summed E-state index contributed by atoms with van der Waals surface area (Å²) in [6.45, 7) is 7.75. The highest BCUT2D eigenvalue weighted by atomic mass is 16.3. The number of likely N-dealkylation sites (tertiary alicyclic amines) is 1. The van der Waals surface area contributed by atoms with Gasteiger partial charge >= 0.3 is 0 Å². The van der Waals surface area contributed by atoms with E-state index in [1.807, 2.05) is 6.92 Å². The van der Waals surface area contributed by atoms with Crippen molar-refractivity contribution in [2.75, 3.05) is 39.8 Å². The van der Waals surface area contributed by atoms with Gasteiger partial charge in [0, 0.05) is 19.6 Å². The summed E-state index contributed by atoms with van der Waals surface area (Å²) in [7, 11) is 2.15. The lowest BCUT2D eigenvalue weighted by atomic mass is 10.1. The van der Waals surface area contributed by atoms with E-state index in [-0.39, 0.29) is 6.10 Å². The molecule has 90 valence electrons. The minimum absolute atomic E-state index is 0.164. The first-order valence-corrected chi connectivity index (χ1v) is 6.27. The molecule has 0 saturated carbocycles. The molecule has 15 heavy (non-hydrogen) atoms. The van der Waals surface area contributed by atoms with Gasteiger partial charge in [-0.2, -0.15) is 0 Å². The van der Waals surface area contributed by atoms with E-state index < -0.39 is 0 Å². The molecule has 1 saturated heterocycles. The van der Waals surface area contributed by atoms with E-state index in [4.69, 9.17) is 0 Å². The molecule has 0 aliphatic carbocycles. The first-order valence-electron chi connectivity index (χ1n) is 6.27. The van der Waals surface area contributed by atoms with E-state index in [0.29, 0.717) is 0 Å². The maximum Gasteiger partial charge on any atom is 0.0524 e. The Bertz CT molecular complexity index is 156. The first kappa shape index (κ1) is 12.9. The molecule has 0 aromatic rings. The van der Waals surface area contributed by atoms with E-state index in [0.717, 1.165) is 19.5 Å². The summed E-state index contributed by atoms with van der Waals surface area (Å²) in [5.74, 6) is 0. The van der Waals surface area contributed by atoms with Crippen molar-refractivity contribution < 1.29 is 5.11 Å². The van der Waals surface area contributed by atoms with Crippen LogP contribution in [0.15, 0.2) is 0 Å². The minimum atomic E-state index is -0.164. The van der Waals surface area contributed by atoms with Gasteiger partial charge in [0.15, 0.2) is 0 Å². The van der Waals surface area contributed by atoms with Gasteiger partial charge in [-0.15, -0.1) is 0 Å². The minimum Gasteiger partial charge on any atom is -0.393 e. The van der Waals surface area contributed by atoms with Crippen molar-refractivity contribution in [1.29, 1.82) is 0 Å². The summed E-state index contributed by atoms with van der Waals surface area (Å²) in [6, 6.07) is 0. The zero-order valence-electron chi connectivity index (χ0n) is 10.3. The summed E-state index contributed by atoms with van der Waals surface area (Å²) < 4.78 is 0. The van der Waals surface area contributed by atoms with Crippen LogP contribution in [-0.2, 0) is 0 Å². The fraction of sp³-hybridized carbons (Fsp3) is 1.00. The van der Waals surface area contributed by atoms with Crippen LogP contribution in [0, 0.1) is 0 Å². The monoisotopic (exact) mass is 214 g/mol. The second-order valence-corrected chi connectivity index (χ2v) is 4.84. The molecule has 1 N–H and O–H groups in total. The molecule has 3 nitrogen and oxygen atoms in total. The fourth-order valence-corrected chi connectivity index (χ4v) is 2.01. The van der Waals surface area contributed by atoms with E-state index in [2.05, 4.69) is 16.8 Å². The Morgan fingerprint density at radius 1 is 1.20 bits per heavy atom.